The topological polar surface area (TPSA) is 29.1 Å². The molecule has 2 aliphatic rings. The Morgan fingerprint density at radius 1 is 1.11 bits per heavy atom. The number of benzene rings is 1. The third-order valence-electron chi connectivity index (χ3n) is 4.51. The van der Waals surface area contributed by atoms with Crippen LogP contribution in [0.15, 0.2) is 18.2 Å². The lowest BCUT2D eigenvalue weighted by Gasteiger charge is -2.11. The van der Waals surface area contributed by atoms with Crippen molar-refractivity contribution >= 4 is 5.78 Å². The van der Waals surface area contributed by atoms with Crippen molar-refractivity contribution < 1.29 is 4.79 Å². The van der Waals surface area contributed by atoms with E-state index >= 15 is 0 Å². The Kier molecular flexibility index (Phi) is 3.97. The van der Waals surface area contributed by atoms with Gasteiger partial charge in [0, 0.05) is 12.5 Å². The monoisotopic (exact) mass is 257 g/mol. The lowest BCUT2D eigenvalue weighted by atomic mass is 10.0. The summed E-state index contributed by atoms with van der Waals surface area (Å²) in [6.45, 7) is 0.543. The highest BCUT2D eigenvalue weighted by molar-refractivity contribution is 5.82. The van der Waals surface area contributed by atoms with Gasteiger partial charge in [-0.15, -0.1) is 0 Å². The summed E-state index contributed by atoms with van der Waals surface area (Å²) < 4.78 is 0. The van der Waals surface area contributed by atoms with Crippen LogP contribution in [0.25, 0.3) is 0 Å². The predicted molar refractivity (Wildman–Crippen MR) is 77.4 cm³/mol. The first-order chi connectivity index (χ1) is 9.31. The Morgan fingerprint density at radius 3 is 2.74 bits per heavy atom. The minimum absolute atomic E-state index is 0.324. The summed E-state index contributed by atoms with van der Waals surface area (Å²) >= 11 is 0. The van der Waals surface area contributed by atoms with Crippen LogP contribution in [-0.4, -0.2) is 18.4 Å². The molecule has 1 saturated carbocycles. The molecule has 102 valence electrons. The number of aryl methyl sites for hydroxylation is 2. The third-order valence-corrected chi connectivity index (χ3v) is 4.51. The predicted octanol–water partition coefficient (Wildman–Crippen LogP) is 2.82. The van der Waals surface area contributed by atoms with Crippen molar-refractivity contribution in [3.63, 3.8) is 0 Å². The quantitative estimate of drug-likeness (QED) is 0.879. The second-order valence-corrected chi connectivity index (χ2v) is 6.03. The van der Waals surface area contributed by atoms with Gasteiger partial charge in [-0.1, -0.05) is 31.0 Å². The number of hydrogen-bond acceptors (Lipinski definition) is 2. The van der Waals surface area contributed by atoms with Crippen molar-refractivity contribution in [3.8, 4) is 0 Å². The highest BCUT2D eigenvalue weighted by atomic mass is 16.1. The average molecular weight is 257 g/mol. The van der Waals surface area contributed by atoms with E-state index in [1.807, 2.05) is 0 Å². The number of fused-ring (bicyclic) bond motifs is 1. The van der Waals surface area contributed by atoms with Gasteiger partial charge < -0.3 is 5.32 Å². The van der Waals surface area contributed by atoms with E-state index in [1.54, 1.807) is 0 Å². The van der Waals surface area contributed by atoms with Crippen LogP contribution in [0.5, 0.6) is 0 Å². The summed E-state index contributed by atoms with van der Waals surface area (Å²) in [6.07, 6.45) is 9.39. The summed E-state index contributed by atoms with van der Waals surface area (Å²) in [5.41, 5.74) is 4.15. The molecule has 2 nitrogen and oxygen atoms in total. The second-order valence-electron chi connectivity index (χ2n) is 6.03. The van der Waals surface area contributed by atoms with Crippen LogP contribution in [0, 0.1) is 0 Å². The smallest absolute Gasteiger partial charge is 0.150 e. The van der Waals surface area contributed by atoms with Gasteiger partial charge in [-0.25, -0.2) is 0 Å². The zero-order valence-corrected chi connectivity index (χ0v) is 11.6. The Morgan fingerprint density at radius 2 is 1.89 bits per heavy atom. The van der Waals surface area contributed by atoms with Gasteiger partial charge in [-0.2, -0.15) is 0 Å². The molecule has 2 aliphatic carbocycles. The summed E-state index contributed by atoms with van der Waals surface area (Å²) in [5, 5.41) is 3.40. The number of ketones is 1. The van der Waals surface area contributed by atoms with E-state index in [0.717, 1.165) is 0 Å². The molecule has 0 bridgehead atoms. The molecule has 0 aliphatic heterocycles. The van der Waals surface area contributed by atoms with Gasteiger partial charge in [0.05, 0.1) is 6.54 Å². The van der Waals surface area contributed by atoms with Crippen molar-refractivity contribution in [3.05, 3.63) is 34.9 Å². The summed E-state index contributed by atoms with van der Waals surface area (Å²) in [7, 11) is 0. The number of carbonyl (C=O) groups excluding carboxylic acids is 1. The maximum Gasteiger partial charge on any atom is 0.150 e. The van der Waals surface area contributed by atoms with E-state index < -0.39 is 0 Å². The first kappa shape index (κ1) is 12.9. The maximum atomic E-state index is 12.0. The molecule has 1 N–H and O–H groups in total. The number of nitrogens with one attached hydrogen (secondary N) is 1. The van der Waals surface area contributed by atoms with Crippen LogP contribution in [-0.2, 0) is 24.1 Å². The number of carbonyl (C=O) groups is 1. The van der Waals surface area contributed by atoms with Gasteiger partial charge in [-0.05, 0) is 48.8 Å². The zero-order valence-electron chi connectivity index (χ0n) is 11.6. The molecule has 0 unspecified atom stereocenters. The Hall–Kier alpha value is -1.15. The largest absolute Gasteiger partial charge is 0.307 e. The molecular formula is C17H23NO. The Balaban J connectivity index is 1.51. The van der Waals surface area contributed by atoms with Gasteiger partial charge >= 0.3 is 0 Å². The minimum atomic E-state index is 0.324. The molecule has 1 aromatic rings. The summed E-state index contributed by atoms with van der Waals surface area (Å²) in [4.78, 5) is 12.0. The first-order valence-electron chi connectivity index (χ1n) is 7.67. The lowest BCUT2D eigenvalue weighted by Crippen LogP contribution is -2.32. The molecule has 0 atom stereocenters. The maximum absolute atomic E-state index is 12.0. The molecule has 0 radical (unpaired) electrons. The molecule has 1 aromatic carbocycles. The average Bonchev–Trinajstić information content (AvgIpc) is 3.07. The fourth-order valence-corrected chi connectivity index (χ4v) is 3.41. The lowest BCUT2D eigenvalue weighted by molar-refractivity contribution is -0.117. The summed E-state index contributed by atoms with van der Waals surface area (Å²) in [5.74, 6) is 0.324. The van der Waals surface area contributed by atoms with E-state index in [-0.39, 0.29) is 0 Å². The van der Waals surface area contributed by atoms with Gasteiger partial charge in [0.1, 0.15) is 0 Å². The van der Waals surface area contributed by atoms with E-state index in [9.17, 15) is 4.79 Å². The van der Waals surface area contributed by atoms with E-state index in [2.05, 4.69) is 23.5 Å². The van der Waals surface area contributed by atoms with Crippen molar-refractivity contribution in [2.24, 2.45) is 0 Å². The van der Waals surface area contributed by atoms with Crippen LogP contribution in [0.4, 0.5) is 0 Å². The number of Topliss-reactive ketones (excluding diaryl/α,β-unsaturated/α-hetero) is 1. The molecule has 0 heterocycles. The van der Waals surface area contributed by atoms with Crippen molar-refractivity contribution in [1.29, 1.82) is 0 Å². The van der Waals surface area contributed by atoms with Gasteiger partial charge in [0.15, 0.2) is 5.78 Å². The molecular weight excluding hydrogens is 234 g/mol. The standard InChI is InChI=1S/C17H23NO/c19-17(12-18-16-6-1-2-7-16)11-13-8-9-14-4-3-5-15(14)10-13/h8-10,16,18H,1-7,11-12H2. The number of hydrogen-bond donors (Lipinski definition) is 1. The molecule has 0 spiro atoms. The van der Waals surface area contributed by atoms with Gasteiger partial charge in [0.2, 0.25) is 0 Å². The zero-order chi connectivity index (χ0) is 13.1. The Bertz CT molecular complexity index is 460. The highest BCUT2D eigenvalue weighted by Crippen LogP contribution is 2.23. The van der Waals surface area contributed by atoms with Crippen LogP contribution in [0.3, 0.4) is 0 Å². The van der Waals surface area contributed by atoms with Crippen molar-refractivity contribution in [2.75, 3.05) is 6.54 Å². The minimum Gasteiger partial charge on any atom is -0.307 e. The highest BCUT2D eigenvalue weighted by Gasteiger charge is 2.16. The van der Waals surface area contributed by atoms with Gasteiger partial charge in [-0.3, -0.25) is 4.79 Å². The van der Waals surface area contributed by atoms with Crippen molar-refractivity contribution in [1.82, 2.24) is 5.32 Å². The summed E-state index contributed by atoms with van der Waals surface area (Å²) in [6, 6.07) is 7.19. The van der Waals surface area contributed by atoms with Crippen LogP contribution < -0.4 is 5.32 Å². The molecule has 19 heavy (non-hydrogen) atoms. The fourth-order valence-electron chi connectivity index (χ4n) is 3.41. The van der Waals surface area contributed by atoms with Crippen LogP contribution >= 0.6 is 0 Å². The van der Waals surface area contributed by atoms with Crippen LogP contribution in [0.2, 0.25) is 0 Å². The van der Waals surface area contributed by atoms with Gasteiger partial charge in [0.25, 0.3) is 0 Å². The third kappa shape index (κ3) is 3.24. The molecule has 3 rings (SSSR count). The van der Waals surface area contributed by atoms with E-state index in [1.165, 1.54) is 61.6 Å². The molecule has 0 saturated heterocycles. The molecule has 0 aromatic heterocycles. The number of rotatable bonds is 5. The fraction of sp³-hybridized carbons (Fsp3) is 0.588. The molecule has 1 fully saturated rings. The van der Waals surface area contributed by atoms with Crippen molar-refractivity contribution in [2.45, 2.75) is 57.4 Å². The second kappa shape index (κ2) is 5.87. The Labute approximate surface area is 115 Å². The van der Waals surface area contributed by atoms with E-state index in [0.29, 0.717) is 24.8 Å². The molecule has 0 amide bonds. The molecule has 2 heteroatoms. The van der Waals surface area contributed by atoms with Crippen LogP contribution in [0.1, 0.15) is 48.8 Å². The first-order valence-corrected chi connectivity index (χ1v) is 7.67. The SMILES string of the molecule is O=C(CNC1CCCC1)Cc1ccc2c(c1)CCC2. The normalized spacial score (nSPS) is 18.7. The van der Waals surface area contributed by atoms with E-state index in [4.69, 9.17) is 0 Å².